The first kappa shape index (κ1) is 15.0. The van der Waals surface area contributed by atoms with Crippen LogP contribution in [0.2, 0.25) is 0 Å². The lowest BCUT2D eigenvalue weighted by molar-refractivity contribution is 0.102. The summed E-state index contributed by atoms with van der Waals surface area (Å²) in [4.78, 5) is 17.1. The van der Waals surface area contributed by atoms with Gasteiger partial charge in [-0.3, -0.25) is 9.78 Å². The average molecular weight is 306 g/mol. The zero-order valence-corrected chi connectivity index (χ0v) is 13.4. The van der Waals surface area contributed by atoms with Crippen molar-refractivity contribution in [3.63, 3.8) is 0 Å². The van der Waals surface area contributed by atoms with Crippen LogP contribution in [0.25, 0.3) is 10.9 Å². The normalized spacial score (nSPS) is 10.6. The number of fused-ring (bicyclic) bond motifs is 1. The van der Waals surface area contributed by atoms with Crippen molar-refractivity contribution in [1.29, 1.82) is 0 Å². The van der Waals surface area contributed by atoms with Crippen LogP contribution in [0.1, 0.15) is 21.6 Å². The molecule has 0 aliphatic heterocycles. The van der Waals surface area contributed by atoms with Gasteiger partial charge in [0.25, 0.3) is 5.91 Å². The van der Waals surface area contributed by atoms with Gasteiger partial charge in [-0.2, -0.15) is 0 Å². The molecule has 0 saturated carbocycles. The molecule has 0 bridgehead atoms. The van der Waals surface area contributed by atoms with E-state index in [1.807, 2.05) is 62.4 Å². The number of benzene rings is 2. The van der Waals surface area contributed by atoms with E-state index in [2.05, 4.69) is 10.3 Å². The summed E-state index contributed by atoms with van der Waals surface area (Å²) in [5, 5.41) is 3.80. The summed E-state index contributed by atoms with van der Waals surface area (Å²) >= 11 is 0. The summed E-state index contributed by atoms with van der Waals surface area (Å²) < 4.78 is 5.23. The van der Waals surface area contributed by atoms with Crippen LogP contribution in [0.5, 0.6) is 5.75 Å². The molecule has 0 radical (unpaired) electrons. The highest BCUT2D eigenvalue weighted by molar-refractivity contribution is 6.06. The van der Waals surface area contributed by atoms with E-state index in [4.69, 9.17) is 4.74 Å². The van der Waals surface area contributed by atoms with Crippen molar-refractivity contribution in [1.82, 2.24) is 4.98 Å². The van der Waals surface area contributed by atoms with E-state index in [0.29, 0.717) is 11.3 Å². The molecule has 0 atom stereocenters. The second-order valence-electron chi connectivity index (χ2n) is 5.50. The van der Waals surface area contributed by atoms with Crippen LogP contribution in [0.3, 0.4) is 0 Å². The minimum atomic E-state index is -0.162. The molecular formula is C19H18N2O2. The predicted octanol–water partition coefficient (Wildman–Crippen LogP) is 4.11. The average Bonchev–Trinajstić information content (AvgIpc) is 2.53. The number of nitrogens with one attached hydrogen (secondary N) is 1. The van der Waals surface area contributed by atoms with Gasteiger partial charge in [-0.1, -0.05) is 12.1 Å². The highest BCUT2D eigenvalue weighted by Gasteiger charge is 2.12. The molecule has 0 aliphatic rings. The predicted molar refractivity (Wildman–Crippen MR) is 92.2 cm³/mol. The number of nitrogens with zero attached hydrogens (tertiary/aromatic N) is 1. The molecule has 0 spiro atoms. The van der Waals surface area contributed by atoms with Crippen LogP contribution in [0.4, 0.5) is 5.69 Å². The minimum Gasteiger partial charge on any atom is -0.497 e. The van der Waals surface area contributed by atoms with Crippen molar-refractivity contribution in [2.75, 3.05) is 12.4 Å². The number of methoxy groups -OCH3 is 1. The lowest BCUT2D eigenvalue weighted by Gasteiger charge is -2.10. The van der Waals surface area contributed by atoms with Crippen LogP contribution in [0, 0.1) is 13.8 Å². The molecule has 0 aliphatic carbocycles. The summed E-state index contributed by atoms with van der Waals surface area (Å²) in [7, 11) is 1.62. The van der Waals surface area contributed by atoms with Gasteiger partial charge in [-0.05, 0) is 55.8 Å². The molecule has 1 amide bonds. The van der Waals surface area contributed by atoms with Crippen LogP contribution in [-0.4, -0.2) is 18.0 Å². The standard InChI is InChI=1S/C19H18N2O2/c1-12-5-4-6-15(9-12)21-19(22)17-11-14-10-16(23-3)7-8-18(14)20-13(17)2/h4-11H,1-3H3,(H,21,22). The first-order valence-electron chi connectivity index (χ1n) is 7.40. The Hall–Kier alpha value is -2.88. The zero-order valence-electron chi connectivity index (χ0n) is 13.4. The summed E-state index contributed by atoms with van der Waals surface area (Å²) in [6, 6.07) is 15.2. The monoisotopic (exact) mass is 306 g/mol. The van der Waals surface area contributed by atoms with E-state index in [-0.39, 0.29) is 5.91 Å². The Morgan fingerprint density at radius 3 is 2.65 bits per heavy atom. The molecule has 2 aromatic carbocycles. The fourth-order valence-electron chi connectivity index (χ4n) is 2.53. The molecule has 1 N–H and O–H groups in total. The lowest BCUT2D eigenvalue weighted by atomic mass is 10.1. The number of hydrogen-bond acceptors (Lipinski definition) is 3. The molecule has 23 heavy (non-hydrogen) atoms. The van der Waals surface area contributed by atoms with Crippen LogP contribution in [0.15, 0.2) is 48.5 Å². The van der Waals surface area contributed by atoms with E-state index < -0.39 is 0 Å². The Balaban J connectivity index is 1.97. The van der Waals surface area contributed by atoms with Gasteiger partial charge in [0.1, 0.15) is 5.75 Å². The maximum absolute atomic E-state index is 12.6. The van der Waals surface area contributed by atoms with Gasteiger partial charge in [0.05, 0.1) is 23.9 Å². The smallest absolute Gasteiger partial charge is 0.257 e. The zero-order chi connectivity index (χ0) is 16.4. The molecule has 1 aromatic heterocycles. The molecular weight excluding hydrogens is 288 g/mol. The van der Waals surface area contributed by atoms with Crippen LogP contribution >= 0.6 is 0 Å². The largest absolute Gasteiger partial charge is 0.497 e. The van der Waals surface area contributed by atoms with Crippen molar-refractivity contribution < 1.29 is 9.53 Å². The first-order valence-corrected chi connectivity index (χ1v) is 7.40. The maximum atomic E-state index is 12.6. The number of carbonyl (C=O) groups excluding carboxylic acids is 1. The summed E-state index contributed by atoms with van der Waals surface area (Å²) in [6.07, 6.45) is 0. The second kappa shape index (κ2) is 6.08. The number of rotatable bonds is 3. The number of amides is 1. The van der Waals surface area contributed by atoms with Crippen molar-refractivity contribution in [2.45, 2.75) is 13.8 Å². The quantitative estimate of drug-likeness (QED) is 0.792. The number of ether oxygens (including phenoxy) is 1. The first-order chi connectivity index (χ1) is 11.1. The van der Waals surface area contributed by atoms with Crippen molar-refractivity contribution in [2.24, 2.45) is 0 Å². The Bertz CT molecular complexity index is 888. The SMILES string of the molecule is COc1ccc2nc(C)c(C(=O)Nc3cccc(C)c3)cc2c1. The van der Waals surface area contributed by atoms with E-state index in [1.165, 1.54) is 0 Å². The highest BCUT2D eigenvalue weighted by Crippen LogP contribution is 2.22. The Kier molecular flexibility index (Phi) is 3.98. The number of anilines is 1. The Morgan fingerprint density at radius 1 is 1.09 bits per heavy atom. The van der Waals surface area contributed by atoms with E-state index in [1.54, 1.807) is 7.11 Å². The minimum absolute atomic E-state index is 0.162. The summed E-state index contributed by atoms with van der Waals surface area (Å²) in [5.41, 5.74) is 3.98. The lowest BCUT2D eigenvalue weighted by Crippen LogP contribution is -2.14. The van der Waals surface area contributed by atoms with Gasteiger partial charge in [0.15, 0.2) is 0 Å². The van der Waals surface area contributed by atoms with Gasteiger partial charge < -0.3 is 10.1 Å². The molecule has 3 rings (SSSR count). The molecule has 0 unspecified atom stereocenters. The maximum Gasteiger partial charge on any atom is 0.257 e. The Morgan fingerprint density at radius 2 is 1.91 bits per heavy atom. The molecule has 0 fully saturated rings. The Labute approximate surface area is 135 Å². The molecule has 4 heteroatoms. The van der Waals surface area contributed by atoms with Gasteiger partial charge in [-0.15, -0.1) is 0 Å². The third-order valence-electron chi connectivity index (χ3n) is 3.73. The van der Waals surface area contributed by atoms with Gasteiger partial charge in [-0.25, -0.2) is 0 Å². The molecule has 116 valence electrons. The molecule has 1 heterocycles. The molecule has 3 aromatic rings. The number of aromatic nitrogens is 1. The number of hydrogen-bond donors (Lipinski definition) is 1. The number of pyridine rings is 1. The highest BCUT2D eigenvalue weighted by atomic mass is 16.5. The number of aryl methyl sites for hydroxylation is 2. The van der Waals surface area contributed by atoms with Gasteiger partial charge >= 0.3 is 0 Å². The second-order valence-corrected chi connectivity index (χ2v) is 5.50. The molecule has 4 nitrogen and oxygen atoms in total. The number of carbonyl (C=O) groups is 1. The van der Waals surface area contributed by atoms with Gasteiger partial charge in [0, 0.05) is 11.1 Å². The third-order valence-corrected chi connectivity index (χ3v) is 3.73. The van der Waals surface area contributed by atoms with E-state index >= 15 is 0 Å². The van der Waals surface area contributed by atoms with Gasteiger partial charge in [0.2, 0.25) is 0 Å². The van der Waals surface area contributed by atoms with Crippen molar-refractivity contribution in [3.8, 4) is 5.75 Å². The van der Waals surface area contributed by atoms with E-state index in [0.717, 1.165) is 27.9 Å². The third kappa shape index (κ3) is 3.16. The van der Waals surface area contributed by atoms with E-state index in [9.17, 15) is 4.79 Å². The van der Waals surface area contributed by atoms with Crippen molar-refractivity contribution in [3.05, 3.63) is 65.4 Å². The summed E-state index contributed by atoms with van der Waals surface area (Å²) in [5.74, 6) is 0.582. The fourth-order valence-corrected chi connectivity index (χ4v) is 2.53. The topological polar surface area (TPSA) is 51.2 Å². The van der Waals surface area contributed by atoms with Crippen LogP contribution in [-0.2, 0) is 0 Å². The van der Waals surface area contributed by atoms with Crippen molar-refractivity contribution >= 4 is 22.5 Å². The molecule has 0 saturated heterocycles. The van der Waals surface area contributed by atoms with Crippen LogP contribution < -0.4 is 10.1 Å². The fraction of sp³-hybridized carbons (Fsp3) is 0.158. The summed E-state index contributed by atoms with van der Waals surface area (Å²) in [6.45, 7) is 3.83.